The summed E-state index contributed by atoms with van der Waals surface area (Å²) in [7, 11) is 0. The molecule has 0 aromatic carbocycles. The van der Waals surface area contributed by atoms with Gasteiger partial charge in [-0.15, -0.1) is 0 Å². The van der Waals surface area contributed by atoms with E-state index in [0.29, 0.717) is 0 Å². The fourth-order valence-electron chi connectivity index (χ4n) is 0. The molecule has 0 aromatic rings. The maximum absolute atomic E-state index is 11.9. The summed E-state index contributed by atoms with van der Waals surface area (Å²) in [6.45, 7) is 0. The predicted octanol–water partition coefficient (Wildman–Crippen LogP) is 1.79. The molecule has 0 heterocycles. The second-order valence-electron chi connectivity index (χ2n) is 2.07. The minimum atomic E-state index is -2.50. The summed E-state index contributed by atoms with van der Waals surface area (Å²) in [4.78, 5) is 0. The van der Waals surface area contributed by atoms with Crippen LogP contribution in [-0.2, 0) is 0 Å². The zero-order valence-corrected chi connectivity index (χ0v) is 5.98. The van der Waals surface area contributed by atoms with Crippen molar-refractivity contribution in [3.63, 3.8) is 0 Å². The first-order valence-corrected chi connectivity index (χ1v) is 8.78. The van der Waals surface area contributed by atoms with E-state index in [2.05, 4.69) is 0 Å². The minimum absolute atomic E-state index is 1.71. The molecule has 0 aliphatic carbocycles. The monoisotopic (exact) mass is 138 g/mol. The third kappa shape index (κ3) is 122. The van der Waals surface area contributed by atoms with Crippen LogP contribution < -0.4 is 0 Å². The van der Waals surface area contributed by atoms with Crippen LogP contribution in [0.5, 0.6) is 0 Å². The molecule has 0 unspecified atom stereocenters. The maximum atomic E-state index is 11.9. The van der Waals surface area contributed by atoms with E-state index in [1.165, 1.54) is 0 Å². The second-order valence-corrected chi connectivity index (χ2v) is 10.7. The number of halogens is 1. The zero-order valence-electron chi connectivity index (χ0n) is 3.88. The van der Waals surface area contributed by atoms with Crippen molar-refractivity contribution in [1.29, 1.82) is 0 Å². The molecule has 0 radical (unpaired) electrons. The van der Waals surface area contributed by atoms with E-state index in [1.807, 2.05) is 0 Å². The summed E-state index contributed by atoms with van der Waals surface area (Å²) in [5.74, 6) is 5.12. The molecule has 0 bridgehead atoms. The molecule has 0 saturated heterocycles. The summed E-state index contributed by atoms with van der Waals surface area (Å²) in [5.41, 5.74) is 0. The molecular formula is C3H9FGe. The molecule has 0 N–H and O–H groups in total. The first kappa shape index (κ1) is 5.47. The standard InChI is InChI=1S/C3H9FGe/c1-5(2,3)4/h1-3H3. The van der Waals surface area contributed by atoms with E-state index in [9.17, 15) is 3.50 Å². The Morgan fingerprint density at radius 1 is 1.20 bits per heavy atom. The quantitative estimate of drug-likeness (QED) is 0.446. The molecule has 0 fully saturated rings. The topological polar surface area (TPSA) is 0 Å². The van der Waals surface area contributed by atoms with Crippen molar-refractivity contribution in [2.24, 2.45) is 0 Å². The fraction of sp³-hybridized carbons (Fsp3) is 1.00. The van der Waals surface area contributed by atoms with Crippen LogP contribution in [0.15, 0.2) is 0 Å². The van der Waals surface area contributed by atoms with Gasteiger partial charge in [0.05, 0.1) is 0 Å². The Balaban J connectivity index is 3.02. The Bertz CT molecular complexity index is 22.4. The van der Waals surface area contributed by atoms with Crippen molar-refractivity contribution in [2.75, 3.05) is 0 Å². The van der Waals surface area contributed by atoms with Gasteiger partial charge < -0.3 is 0 Å². The molecule has 32 valence electrons. The zero-order chi connectivity index (χ0) is 4.50. The Morgan fingerprint density at radius 3 is 1.20 bits per heavy atom. The predicted molar refractivity (Wildman–Crippen MR) is 24.5 cm³/mol. The molecular weight excluding hydrogens is 128 g/mol. The second kappa shape index (κ2) is 1.29. The van der Waals surface area contributed by atoms with Crippen molar-refractivity contribution in [3.05, 3.63) is 0 Å². The molecule has 0 aromatic heterocycles. The molecule has 0 rings (SSSR count). The first-order chi connectivity index (χ1) is 2.00. The summed E-state index contributed by atoms with van der Waals surface area (Å²) < 4.78 is 11.9. The molecule has 0 nitrogen and oxygen atoms in total. The van der Waals surface area contributed by atoms with Gasteiger partial charge in [-0.1, -0.05) is 0 Å². The third-order valence-corrected chi connectivity index (χ3v) is 0. The molecule has 0 amide bonds. The van der Waals surface area contributed by atoms with Crippen LogP contribution >= 0.6 is 0 Å². The summed E-state index contributed by atoms with van der Waals surface area (Å²) in [5, 5.41) is 0. The Labute approximate surface area is 35.2 Å². The molecule has 0 aliphatic heterocycles. The van der Waals surface area contributed by atoms with E-state index in [0.717, 1.165) is 0 Å². The van der Waals surface area contributed by atoms with Gasteiger partial charge in [0.2, 0.25) is 0 Å². The van der Waals surface area contributed by atoms with Crippen LogP contribution in [0.2, 0.25) is 17.3 Å². The van der Waals surface area contributed by atoms with Crippen LogP contribution in [0.4, 0.5) is 3.50 Å². The van der Waals surface area contributed by atoms with E-state index in [1.54, 1.807) is 17.3 Å². The van der Waals surface area contributed by atoms with Gasteiger partial charge in [0.15, 0.2) is 0 Å². The van der Waals surface area contributed by atoms with E-state index >= 15 is 0 Å². The Hall–Kier alpha value is 0.473. The molecule has 5 heavy (non-hydrogen) atoms. The average molecular weight is 137 g/mol. The number of hydrogen-bond donors (Lipinski definition) is 0. The molecule has 0 saturated carbocycles. The average Bonchev–Trinajstić information content (AvgIpc) is 0.722. The molecule has 0 aliphatic rings. The van der Waals surface area contributed by atoms with Crippen molar-refractivity contribution in [1.82, 2.24) is 0 Å². The van der Waals surface area contributed by atoms with Crippen LogP contribution in [0.3, 0.4) is 0 Å². The van der Waals surface area contributed by atoms with Gasteiger partial charge in [0, 0.05) is 0 Å². The van der Waals surface area contributed by atoms with Crippen molar-refractivity contribution < 1.29 is 3.50 Å². The molecule has 2 heteroatoms. The summed E-state index contributed by atoms with van der Waals surface area (Å²) in [6.07, 6.45) is 0. The Kier molecular flexibility index (Phi) is 1.41. The first-order valence-electron chi connectivity index (χ1n) is 1.69. The van der Waals surface area contributed by atoms with Gasteiger partial charge in [-0.05, 0) is 0 Å². The van der Waals surface area contributed by atoms with Gasteiger partial charge in [0.1, 0.15) is 0 Å². The van der Waals surface area contributed by atoms with E-state index in [4.69, 9.17) is 0 Å². The summed E-state index contributed by atoms with van der Waals surface area (Å²) in [6, 6.07) is 0. The van der Waals surface area contributed by atoms with Crippen LogP contribution in [-0.4, -0.2) is 13.7 Å². The number of rotatable bonds is 0. The molecule has 0 spiro atoms. The fourth-order valence-corrected chi connectivity index (χ4v) is 0. The van der Waals surface area contributed by atoms with Crippen LogP contribution in [0.25, 0.3) is 0 Å². The number of hydrogen-bond acceptors (Lipinski definition) is 0. The van der Waals surface area contributed by atoms with E-state index in [-0.39, 0.29) is 0 Å². The van der Waals surface area contributed by atoms with Gasteiger partial charge >= 0.3 is 34.5 Å². The summed E-state index contributed by atoms with van der Waals surface area (Å²) >= 11 is -2.50. The molecule has 0 atom stereocenters. The van der Waals surface area contributed by atoms with Gasteiger partial charge in [0.25, 0.3) is 0 Å². The van der Waals surface area contributed by atoms with E-state index < -0.39 is 13.7 Å². The van der Waals surface area contributed by atoms with Gasteiger partial charge in [-0.2, -0.15) is 0 Å². The third-order valence-electron chi connectivity index (χ3n) is 0. The van der Waals surface area contributed by atoms with Gasteiger partial charge in [-0.3, -0.25) is 0 Å². The van der Waals surface area contributed by atoms with Crippen molar-refractivity contribution in [2.45, 2.75) is 17.3 Å². The SMILES string of the molecule is [CH3][Ge]([CH3])([CH3])[F]. The van der Waals surface area contributed by atoms with Crippen molar-refractivity contribution in [3.8, 4) is 0 Å². The van der Waals surface area contributed by atoms with Crippen molar-refractivity contribution >= 4 is 13.7 Å². The van der Waals surface area contributed by atoms with Crippen LogP contribution in [0, 0.1) is 0 Å². The Morgan fingerprint density at radius 2 is 1.20 bits per heavy atom. The normalized spacial score (nSPS) is 12.0. The van der Waals surface area contributed by atoms with Crippen LogP contribution in [0.1, 0.15) is 0 Å². The van der Waals surface area contributed by atoms with Gasteiger partial charge in [-0.25, -0.2) is 0 Å².